The molecular formula is C8H6ClF2NO5S. The number of hydrogen-bond donors (Lipinski definition) is 0. The minimum atomic E-state index is -4.36. The number of ether oxygens (including phenoxy) is 1. The third kappa shape index (κ3) is 3.05. The van der Waals surface area contributed by atoms with E-state index < -0.39 is 36.9 Å². The molecule has 0 amide bonds. The molecule has 0 bridgehead atoms. The SMILES string of the molecule is Cc1c(OC(F)F)ccc(S(=O)(=O)Cl)c1[N+](=O)[O-]. The number of nitro benzene ring substituents is 1. The van der Waals surface area contributed by atoms with Crippen LogP contribution in [0.2, 0.25) is 0 Å². The topological polar surface area (TPSA) is 86.5 Å². The minimum Gasteiger partial charge on any atom is -0.434 e. The van der Waals surface area contributed by atoms with Crippen molar-refractivity contribution in [1.82, 2.24) is 0 Å². The Balaban J connectivity index is 3.53. The van der Waals surface area contributed by atoms with Crippen LogP contribution in [-0.4, -0.2) is 20.0 Å². The summed E-state index contributed by atoms with van der Waals surface area (Å²) < 4.78 is 50.3. The fourth-order valence-electron chi connectivity index (χ4n) is 1.30. The molecule has 1 rings (SSSR count). The number of rotatable bonds is 4. The second-order valence-electron chi connectivity index (χ2n) is 3.11. The van der Waals surface area contributed by atoms with Gasteiger partial charge >= 0.3 is 6.61 Å². The lowest BCUT2D eigenvalue weighted by Crippen LogP contribution is -2.07. The van der Waals surface area contributed by atoms with E-state index in [1.165, 1.54) is 0 Å². The van der Waals surface area contributed by atoms with Gasteiger partial charge in [0.25, 0.3) is 14.7 Å². The highest BCUT2D eigenvalue weighted by Gasteiger charge is 2.29. The predicted octanol–water partition coefficient (Wildman–Crippen LogP) is 2.43. The quantitative estimate of drug-likeness (QED) is 0.484. The molecule has 0 spiro atoms. The summed E-state index contributed by atoms with van der Waals surface area (Å²) in [5.74, 6) is -0.485. The molecule has 0 aliphatic carbocycles. The average molecular weight is 302 g/mol. The summed E-state index contributed by atoms with van der Waals surface area (Å²) in [7, 11) is 0.658. The second kappa shape index (κ2) is 5.02. The van der Waals surface area contributed by atoms with Crippen LogP contribution >= 0.6 is 10.7 Å². The summed E-state index contributed by atoms with van der Waals surface area (Å²) in [6.45, 7) is -2.09. The van der Waals surface area contributed by atoms with Crippen molar-refractivity contribution in [3.8, 4) is 5.75 Å². The zero-order valence-corrected chi connectivity index (χ0v) is 10.3. The molecule has 1 aromatic rings. The van der Waals surface area contributed by atoms with Crippen molar-refractivity contribution >= 4 is 25.4 Å². The summed E-state index contributed by atoms with van der Waals surface area (Å²) in [4.78, 5) is 8.97. The Labute approximate surface area is 105 Å². The number of nitro groups is 1. The Morgan fingerprint density at radius 2 is 2.00 bits per heavy atom. The first-order valence-corrected chi connectivity index (χ1v) is 6.63. The van der Waals surface area contributed by atoms with Crippen LogP contribution in [0.5, 0.6) is 5.75 Å². The summed E-state index contributed by atoms with van der Waals surface area (Å²) >= 11 is 0. The molecule has 0 fully saturated rings. The van der Waals surface area contributed by atoms with Gasteiger partial charge in [0.15, 0.2) is 4.90 Å². The lowest BCUT2D eigenvalue weighted by Gasteiger charge is -2.09. The van der Waals surface area contributed by atoms with Crippen molar-refractivity contribution in [2.24, 2.45) is 0 Å². The van der Waals surface area contributed by atoms with E-state index in [-0.39, 0.29) is 5.56 Å². The zero-order valence-electron chi connectivity index (χ0n) is 8.76. The maximum atomic E-state index is 12.0. The van der Waals surface area contributed by atoms with Crippen LogP contribution in [0.3, 0.4) is 0 Å². The highest BCUT2D eigenvalue weighted by Crippen LogP contribution is 2.36. The molecular weight excluding hydrogens is 296 g/mol. The highest BCUT2D eigenvalue weighted by atomic mass is 35.7. The summed E-state index contributed by atoms with van der Waals surface area (Å²) in [6.07, 6.45) is 0. The van der Waals surface area contributed by atoms with Crippen LogP contribution in [0.25, 0.3) is 0 Å². The summed E-state index contributed by atoms with van der Waals surface area (Å²) in [5, 5.41) is 10.8. The molecule has 0 aromatic heterocycles. The Morgan fingerprint density at radius 3 is 2.39 bits per heavy atom. The van der Waals surface area contributed by atoms with Gasteiger partial charge in [-0.05, 0) is 19.1 Å². The molecule has 1 aromatic carbocycles. The van der Waals surface area contributed by atoms with E-state index in [2.05, 4.69) is 4.74 Å². The van der Waals surface area contributed by atoms with Crippen LogP contribution in [0, 0.1) is 17.0 Å². The average Bonchev–Trinajstić information content (AvgIpc) is 2.17. The third-order valence-corrected chi connectivity index (χ3v) is 3.36. The standard InChI is InChI=1S/C8H6ClF2NO5S/c1-4-5(17-8(10)11)2-3-6(18(9,15)16)7(4)12(13)14/h2-3,8H,1H3. The molecule has 6 nitrogen and oxygen atoms in total. The largest absolute Gasteiger partial charge is 0.434 e. The maximum absolute atomic E-state index is 12.0. The smallest absolute Gasteiger partial charge is 0.387 e. The molecule has 0 saturated carbocycles. The van der Waals surface area contributed by atoms with Gasteiger partial charge in [-0.3, -0.25) is 10.1 Å². The molecule has 0 aliphatic heterocycles. The number of nitrogens with zero attached hydrogens (tertiary/aromatic N) is 1. The van der Waals surface area contributed by atoms with Crippen LogP contribution in [0.1, 0.15) is 5.56 Å². The molecule has 0 radical (unpaired) electrons. The Bertz CT molecular complexity index is 589. The number of alkyl halides is 2. The van der Waals surface area contributed by atoms with E-state index in [0.29, 0.717) is 0 Å². The summed E-state index contributed by atoms with van der Waals surface area (Å²) in [6, 6.07) is 1.62. The minimum absolute atomic E-state index is 0.345. The first-order chi connectivity index (χ1) is 8.14. The fourth-order valence-corrected chi connectivity index (χ4v) is 2.37. The van der Waals surface area contributed by atoms with E-state index in [9.17, 15) is 27.3 Å². The van der Waals surface area contributed by atoms with E-state index in [1.54, 1.807) is 0 Å². The van der Waals surface area contributed by atoms with Gasteiger partial charge in [-0.25, -0.2) is 8.42 Å². The zero-order chi connectivity index (χ0) is 14.1. The van der Waals surface area contributed by atoms with Gasteiger partial charge in [0.05, 0.1) is 10.5 Å². The molecule has 0 heterocycles. The molecule has 100 valence electrons. The molecule has 10 heteroatoms. The molecule has 0 atom stereocenters. The predicted molar refractivity (Wildman–Crippen MR) is 57.5 cm³/mol. The van der Waals surface area contributed by atoms with Gasteiger partial charge in [-0.2, -0.15) is 8.78 Å². The summed E-state index contributed by atoms with van der Waals surface area (Å²) in [5.41, 5.74) is -1.23. The monoisotopic (exact) mass is 301 g/mol. The van der Waals surface area contributed by atoms with E-state index >= 15 is 0 Å². The van der Waals surface area contributed by atoms with Crippen molar-refractivity contribution in [1.29, 1.82) is 0 Å². The van der Waals surface area contributed by atoms with Gasteiger partial charge in [0, 0.05) is 10.7 Å². The van der Waals surface area contributed by atoms with Crippen LogP contribution < -0.4 is 4.74 Å². The van der Waals surface area contributed by atoms with Crippen molar-refractivity contribution in [2.75, 3.05) is 0 Å². The Hall–Kier alpha value is -1.48. The van der Waals surface area contributed by atoms with E-state index in [0.717, 1.165) is 19.1 Å². The normalized spacial score (nSPS) is 11.6. The lowest BCUT2D eigenvalue weighted by molar-refractivity contribution is -0.388. The second-order valence-corrected chi connectivity index (χ2v) is 5.64. The van der Waals surface area contributed by atoms with E-state index in [4.69, 9.17) is 10.7 Å². The molecule has 0 saturated heterocycles. The Kier molecular flexibility index (Phi) is 4.07. The number of benzene rings is 1. The fraction of sp³-hybridized carbons (Fsp3) is 0.250. The van der Waals surface area contributed by atoms with E-state index in [1.807, 2.05) is 0 Å². The Morgan fingerprint density at radius 1 is 1.44 bits per heavy atom. The van der Waals surface area contributed by atoms with Gasteiger partial charge in [-0.15, -0.1) is 0 Å². The van der Waals surface area contributed by atoms with Gasteiger partial charge in [-0.1, -0.05) is 0 Å². The number of hydrogen-bond acceptors (Lipinski definition) is 5. The first kappa shape index (κ1) is 14.6. The number of halogens is 3. The molecule has 0 unspecified atom stereocenters. The molecule has 0 N–H and O–H groups in total. The van der Waals surface area contributed by atoms with Crippen LogP contribution in [0.15, 0.2) is 17.0 Å². The molecule has 18 heavy (non-hydrogen) atoms. The molecule has 0 aliphatic rings. The lowest BCUT2D eigenvalue weighted by atomic mass is 10.2. The van der Waals surface area contributed by atoms with Gasteiger partial charge < -0.3 is 4.74 Å². The van der Waals surface area contributed by atoms with Crippen molar-refractivity contribution in [2.45, 2.75) is 18.4 Å². The van der Waals surface area contributed by atoms with Crippen molar-refractivity contribution in [3.63, 3.8) is 0 Å². The highest BCUT2D eigenvalue weighted by molar-refractivity contribution is 8.13. The van der Waals surface area contributed by atoms with Crippen molar-refractivity contribution < 1.29 is 26.9 Å². The van der Waals surface area contributed by atoms with Crippen LogP contribution in [-0.2, 0) is 9.05 Å². The third-order valence-electron chi connectivity index (χ3n) is 2.01. The first-order valence-electron chi connectivity index (χ1n) is 4.32. The van der Waals surface area contributed by atoms with Crippen molar-refractivity contribution in [3.05, 3.63) is 27.8 Å². The maximum Gasteiger partial charge on any atom is 0.387 e. The van der Waals surface area contributed by atoms with Gasteiger partial charge in [0.2, 0.25) is 0 Å². The van der Waals surface area contributed by atoms with Crippen LogP contribution in [0.4, 0.5) is 14.5 Å². The van der Waals surface area contributed by atoms with Gasteiger partial charge in [0.1, 0.15) is 5.75 Å².